The van der Waals surface area contributed by atoms with Crippen molar-refractivity contribution >= 4 is 5.91 Å². The van der Waals surface area contributed by atoms with E-state index < -0.39 is 6.10 Å². The molecule has 0 aliphatic carbocycles. The van der Waals surface area contributed by atoms with Gasteiger partial charge in [0.1, 0.15) is 0 Å². The van der Waals surface area contributed by atoms with Crippen LogP contribution in [0.4, 0.5) is 0 Å². The molecule has 0 saturated carbocycles. The summed E-state index contributed by atoms with van der Waals surface area (Å²) in [5.41, 5.74) is 0. The third-order valence-electron chi connectivity index (χ3n) is 3.60. The Balaban J connectivity index is 2.32. The van der Waals surface area contributed by atoms with E-state index in [-0.39, 0.29) is 23.8 Å². The van der Waals surface area contributed by atoms with Gasteiger partial charge in [-0.3, -0.25) is 4.79 Å². The van der Waals surface area contributed by atoms with Gasteiger partial charge in [0, 0.05) is 19.1 Å². The maximum Gasteiger partial charge on any atom is 0.223 e. The Bertz CT molecular complexity index is 253. The Kier molecular flexibility index (Phi) is 6.65. The van der Waals surface area contributed by atoms with Crippen LogP contribution in [0.25, 0.3) is 0 Å². The van der Waals surface area contributed by atoms with E-state index in [1.54, 1.807) is 0 Å². The average molecular weight is 257 g/mol. The number of carbonyl (C=O) groups excluding carboxylic acids is 1. The molecule has 0 spiro atoms. The molecule has 0 aromatic rings. The van der Waals surface area contributed by atoms with Crippen LogP contribution >= 0.6 is 0 Å². The minimum Gasteiger partial charge on any atom is -0.391 e. The molecule has 1 fully saturated rings. The maximum atomic E-state index is 12.0. The van der Waals surface area contributed by atoms with Gasteiger partial charge in [0.15, 0.2) is 0 Å². The largest absolute Gasteiger partial charge is 0.391 e. The van der Waals surface area contributed by atoms with Crippen LogP contribution in [0.2, 0.25) is 0 Å². The fourth-order valence-electron chi connectivity index (χ4n) is 2.23. The Morgan fingerprint density at radius 3 is 2.83 bits per heavy atom. The van der Waals surface area contributed by atoms with Crippen molar-refractivity contribution in [2.75, 3.05) is 13.2 Å². The molecular weight excluding hydrogens is 230 g/mol. The summed E-state index contributed by atoms with van der Waals surface area (Å²) in [6, 6.07) is 0. The van der Waals surface area contributed by atoms with Gasteiger partial charge in [-0.05, 0) is 25.2 Å². The lowest BCUT2D eigenvalue weighted by Gasteiger charge is -2.29. The van der Waals surface area contributed by atoms with E-state index in [1.807, 2.05) is 13.8 Å². The van der Waals surface area contributed by atoms with Gasteiger partial charge in [0.25, 0.3) is 0 Å². The molecule has 18 heavy (non-hydrogen) atoms. The monoisotopic (exact) mass is 257 g/mol. The molecule has 0 radical (unpaired) electrons. The van der Waals surface area contributed by atoms with Crippen molar-refractivity contribution in [3.05, 3.63) is 0 Å². The predicted octanol–water partition coefficient (Wildman–Crippen LogP) is 1.71. The first-order valence-electron chi connectivity index (χ1n) is 7.12. The number of amides is 1. The first-order chi connectivity index (χ1) is 8.54. The van der Waals surface area contributed by atoms with Crippen molar-refractivity contribution in [1.82, 2.24) is 5.32 Å². The zero-order chi connectivity index (χ0) is 13.5. The summed E-state index contributed by atoms with van der Waals surface area (Å²) < 4.78 is 5.63. The first-order valence-corrected chi connectivity index (χ1v) is 7.12. The van der Waals surface area contributed by atoms with Crippen LogP contribution in [0.15, 0.2) is 0 Å². The van der Waals surface area contributed by atoms with Gasteiger partial charge in [-0.25, -0.2) is 0 Å². The Labute approximate surface area is 110 Å². The molecule has 1 aliphatic heterocycles. The van der Waals surface area contributed by atoms with Crippen LogP contribution in [-0.4, -0.2) is 36.4 Å². The number of hydrogen-bond donors (Lipinski definition) is 2. The zero-order valence-corrected chi connectivity index (χ0v) is 11.8. The van der Waals surface area contributed by atoms with Gasteiger partial charge in [0.2, 0.25) is 5.91 Å². The Morgan fingerprint density at radius 1 is 1.50 bits per heavy atom. The van der Waals surface area contributed by atoms with E-state index in [4.69, 9.17) is 4.74 Å². The van der Waals surface area contributed by atoms with E-state index in [9.17, 15) is 9.90 Å². The van der Waals surface area contributed by atoms with Gasteiger partial charge >= 0.3 is 0 Å². The van der Waals surface area contributed by atoms with E-state index in [0.29, 0.717) is 13.2 Å². The van der Waals surface area contributed by atoms with Crippen LogP contribution in [0.5, 0.6) is 0 Å². The molecular formula is C14H27NO3. The highest BCUT2D eigenvalue weighted by atomic mass is 16.5. The normalized spacial score (nSPS) is 26.1. The molecule has 106 valence electrons. The minimum atomic E-state index is -0.458. The summed E-state index contributed by atoms with van der Waals surface area (Å²) in [5, 5.41) is 12.5. The van der Waals surface area contributed by atoms with Crippen LogP contribution in [0.3, 0.4) is 0 Å². The highest BCUT2D eigenvalue weighted by molar-refractivity contribution is 5.78. The van der Waals surface area contributed by atoms with E-state index >= 15 is 0 Å². The first kappa shape index (κ1) is 15.4. The van der Waals surface area contributed by atoms with Crippen molar-refractivity contribution in [1.29, 1.82) is 0 Å². The zero-order valence-electron chi connectivity index (χ0n) is 11.8. The smallest absolute Gasteiger partial charge is 0.223 e. The summed E-state index contributed by atoms with van der Waals surface area (Å²) in [6.07, 6.45) is 3.50. The molecule has 2 N–H and O–H groups in total. The maximum absolute atomic E-state index is 12.0. The molecule has 0 aromatic carbocycles. The van der Waals surface area contributed by atoms with Crippen LogP contribution < -0.4 is 5.32 Å². The number of rotatable bonds is 6. The van der Waals surface area contributed by atoms with Crippen LogP contribution in [0.1, 0.15) is 46.5 Å². The van der Waals surface area contributed by atoms with E-state index in [1.165, 1.54) is 0 Å². The minimum absolute atomic E-state index is 0.0506. The van der Waals surface area contributed by atoms with Crippen molar-refractivity contribution in [3.63, 3.8) is 0 Å². The second kappa shape index (κ2) is 7.74. The molecule has 1 saturated heterocycles. The Hall–Kier alpha value is -0.610. The number of aliphatic hydroxyl groups excluding tert-OH is 1. The molecule has 1 aliphatic rings. The fraction of sp³-hybridized carbons (Fsp3) is 0.929. The summed E-state index contributed by atoms with van der Waals surface area (Å²) in [6.45, 7) is 7.05. The SMILES string of the molecule is CCCC1CC(C(=O)NCC(O)C(C)C)CCO1. The average Bonchev–Trinajstić information content (AvgIpc) is 2.36. The van der Waals surface area contributed by atoms with Gasteiger partial charge < -0.3 is 15.2 Å². The highest BCUT2D eigenvalue weighted by Gasteiger charge is 2.27. The van der Waals surface area contributed by atoms with E-state index in [2.05, 4.69) is 12.2 Å². The number of hydrogen-bond acceptors (Lipinski definition) is 3. The van der Waals surface area contributed by atoms with Crippen LogP contribution in [-0.2, 0) is 9.53 Å². The van der Waals surface area contributed by atoms with Crippen molar-refractivity contribution in [3.8, 4) is 0 Å². The molecule has 3 atom stereocenters. The fourth-order valence-corrected chi connectivity index (χ4v) is 2.23. The molecule has 1 heterocycles. The third-order valence-corrected chi connectivity index (χ3v) is 3.60. The van der Waals surface area contributed by atoms with Gasteiger partial charge in [0.05, 0.1) is 12.2 Å². The number of ether oxygens (including phenoxy) is 1. The van der Waals surface area contributed by atoms with Gasteiger partial charge in [-0.15, -0.1) is 0 Å². The summed E-state index contributed by atoms with van der Waals surface area (Å²) in [7, 11) is 0. The highest BCUT2D eigenvalue weighted by Crippen LogP contribution is 2.23. The number of carbonyl (C=O) groups is 1. The van der Waals surface area contributed by atoms with Crippen molar-refractivity contribution in [2.45, 2.75) is 58.7 Å². The molecule has 4 nitrogen and oxygen atoms in total. The summed E-state index contributed by atoms with van der Waals surface area (Å²) >= 11 is 0. The van der Waals surface area contributed by atoms with Gasteiger partial charge in [-0.2, -0.15) is 0 Å². The quantitative estimate of drug-likeness (QED) is 0.761. The van der Waals surface area contributed by atoms with Gasteiger partial charge in [-0.1, -0.05) is 27.2 Å². The Morgan fingerprint density at radius 2 is 2.22 bits per heavy atom. The van der Waals surface area contributed by atoms with Crippen molar-refractivity contribution in [2.24, 2.45) is 11.8 Å². The summed E-state index contributed by atoms with van der Waals surface area (Å²) in [5.74, 6) is 0.293. The lowest BCUT2D eigenvalue weighted by molar-refractivity contribution is -0.130. The predicted molar refractivity (Wildman–Crippen MR) is 71.2 cm³/mol. The number of aliphatic hydroxyl groups is 1. The van der Waals surface area contributed by atoms with E-state index in [0.717, 1.165) is 25.7 Å². The molecule has 3 unspecified atom stereocenters. The molecule has 0 bridgehead atoms. The van der Waals surface area contributed by atoms with Crippen molar-refractivity contribution < 1.29 is 14.6 Å². The molecule has 1 rings (SSSR count). The molecule has 1 amide bonds. The second-order valence-corrected chi connectivity index (χ2v) is 5.56. The standard InChI is InChI=1S/C14H27NO3/c1-4-5-12-8-11(6-7-18-12)14(17)15-9-13(16)10(2)3/h10-13,16H,4-9H2,1-3H3,(H,15,17). The molecule has 0 aromatic heterocycles. The lowest BCUT2D eigenvalue weighted by Crippen LogP contribution is -2.41. The summed E-state index contributed by atoms with van der Waals surface area (Å²) in [4.78, 5) is 12.0. The second-order valence-electron chi connectivity index (χ2n) is 5.56. The van der Waals surface area contributed by atoms with Crippen LogP contribution in [0, 0.1) is 11.8 Å². The lowest BCUT2D eigenvalue weighted by atomic mass is 9.92. The third kappa shape index (κ3) is 4.94. The molecule has 4 heteroatoms. The topological polar surface area (TPSA) is 58.6 Å². The number of nitrogens with one attached hydrogen (secondary N) is 1.